The van der Waals surface area contributed by atoms with Gasteiger partial charge in [0.2, 0.25) is 5.82 Å². The maximum atomic E-state index is 6.29. The molecule has 6 nitrogen and oxygen atoms in total. The van der Waals surface area contributed by atoms with E-state index in [2.05, 4.69) is 36.0 Å². The van der Waals surface area contributed by atoms with Crippen molar-refractivity contribution in [1.82, 2.24) is 29.4 Å². The number of aryl methyl sites for hydroxylation is 2. The lowest BCUT2D eigenvalue weighted by atomic mass is 9.72. The van der Waals surface area contributed by atoms with Gasteiger partial charge in [-0.3, -0.25) is 4.68 Å². The Balaban J connectivity index is 1.69. The number of rotatable bonds is 1. The van der Waals surface area contributed by atoms with Gasteiger partial charge in [0.25, 0.3) is 0 Å². The van der Waals surface area contributed by atoms with Crippen LogP contribution in [0.3, 0.4) is 0 Å². The van der Waals surface area contributed by atoms with E-state index in [1.165, 1.54) is 16.9 Å². The molecule has 4 aromatic heterocycles. The van der Waals surface area contributed by atoms with Crippen molar-refractivity contribution < 1.29 is 0 Å². The Kier molecular flexibility index (Phi) is 3.65. The maximum absolute atomic E-state index is 6.29. The Hall–Kier alpha value is -1.99. The van der Waals surface area contributed by atoms with Crippen molar-refractivity contribution in [1.29, 1.82) is 0 Å². The minimum absolute atomic E-state index is 0.328. The average molecular weight is 401 g/mol. The molecule has 4 aromatic rings. The van der Waals surface area contributed by atoms with Gasteiger partial charge in [0, 0.05) is 11.9 Å². The van der Waals surface area contributed by atoms with Gasteiger partial charge in [0.1, 0.15) is 16.9 Å². The minimum Gasteiger partial charge on any atom is -0.263 e. The molecule has 1 aliphatic carbocycles. The van der Waals surface area contributed by atoms with Crippen LogP contribution in [0.1, 0.15) is 37.6 Å². The zero-order chi connectivity index (χ0) is 18.9. The van der Waals surface area contributed by atoms with E-state index in [9.17, 15) is 0 Å². The fourth-order valence-electron chi connectivity index (χ4n) is 4.08. The molecule has 8 heteroatoms. The smallest absolute Gasteiger partial charge is 0.202 e. The molecule has 27 heavy (non-hydrogen) atoms. The maximum Gasteiger partial charge on any atom is 0.202 e. The van der Waals surface area contributed by atoms with E-state index in [0.717, 1.165) is 34.4 Å². The summed E-state index contributed by atoms with van der Waals surface area (Å²) in [5, 5.41) is 10.5. The number of hydrogen-bond acceptors (Lipinski definition) is 5. The minimum atomic E-state index is 0.328. The van der Waals surface area contributed by atoms with Crippen LogP contribution in [0.5, 0.6) is 0 Å². The van der Waals surface area contributed by atoms with Crippen LogP contribution in [0, 0.1) is 11.3 Å². The number of aromatic nitrogens is 6. The van der Waals surface area contributed by atoms with E-state index >= 15 is 0 Å². The van der Waals surface area contributed by atoms with Gasteiger partial charge in [-0.2, -0.15) is 5.10 Å². The summed E-state index contributed by atoms with van der Waals surface area (Å²) in [5.74, 6) is 1.29. The predicted octanol–water partition coefficient (Wildman–Crippen LogP) is 4.54. The number of halogens is 1. The molecule has 0 bridgehead atoms. The Morgan fingerprint density at radius 3 is 2.81 bits per heavy atom. The molecule has 0 N–H and O–H groups in total. The average Bonchev–Trinajstić information content (AvgIpc) is 3.27. The quantitative estimate of drug-likeness (QED) is 0.470. The van der Waals surface area contributed by atoms with Crippen molar-refractivity contribution in [3.8, 4) is 11.5 Å². The van der Waals surface area contributed by atoms with Crippen molar-refractivity contribution in [2.75, 3.05) is 0 Å². The first-order valence-electron chi connectivity index (χ1n) is 9.16. The summed E-state index contributed by atoms with van der Waals surface area (Å²) in [6.45, 7) is 7.03. The molecular weight excluding hydrogens is 380 g/mol. The number of thiophene rings is 1. The molecule has 5 rings (SSSR count). The first kappa shape index (κ1) is 17.1. The van der Waals surface area contributed by atoms with Crippen LogP contribution in [0.25, 0.3) is 27.4 Å². The molecule has 0 saturated carbocycles. The third-order valence-corrected chi connectivity index (χ3v) is 7.16. The number of hydrogen-bond donors (Lipinski definition) is 0. The highest BCUT2D eigenvalue weighted by Crippen LogP contribution is 2.43. The molecule has 0 fully saturated rings. The third-order valence-electron chi connectivity index (χ3n) is 5.72. The standard InChI is InChI=1S/C19H21ClN6S/c1-19(2,3)10-5-6-11-13(7-10)27-18-14(11)17-23-16(24-26(17)9-21-18)15-12(20)8-22-25(15)4/h8-10H,5-7H2,1-4H3. The second kappa shape index (κ2) is 5.75. The summed E-state index contributed by atoms with van der Waals surface area (Å²) < 4.78 is 3.47. The highest BCUT2D eigenvalue weighted by atomic mass is 35.5. The molecule has 1 aliphatic rings. The van der Waals surface area contributed by atoms with Gasteiger partial charge in [0.15, 0.2) is 5.65 Å². The van der Waals surface area contributed by atoms with E-state index in [4.69, 9.17) is 16.6 Å². The molecule has 0 saturated heterocycles. The zero-order valence-electron chi connectivity index (χ0n) is 15.8. The van der Waals surface area contributed by atoms with Crippen molar-refractivity contribution in [3.63, 3.8) is 0 Å². The van der Waals surface area contributed by atoms with E-state index in [1.807, 2.05) is 18.4 Å². The second-order valence-electron chi connectivity index (χ2n) is 8.40. The van der Waals surface area contributed by atoms with Crippen LogP contribution in [-0.4, -0.2) is 29.4 Å². The fraction of sp³-hybridized carbons (Fsp3) is 0.474. The first-order valence-corrected chi connectivity index (χ1v) is 10.4. The van der Waals surface area contributed by atoms with Crippen LogP contribution in [-0.2, 0) is 19.9 Å². The van der Waals surface area contributed by atoms with Crippen LogP contribution in [0.2, 0.25) is 5.02 Å². The second-order valence-corrected chi connectivity index (χ2v) is 9.89. The zero-order valence-corrected chi connectivity index (χ0v) is 17.4. The molecule has 1 atom stereocenters. The predicted molar refractivity (Wildman–Crippen MR) is 108 cm³/mol. The Morgan fingerprint density at radius 2 is 2.11 bits per heavy atom. The fourth-order valence-corrected chi connectivity index (χ4v) is 5.59. The SMILES string of the molecule is Cn1ncc(Cl)c1-c1nc2c3c4c(sc3ncn2n1)CC(C(C)(C)C)CC4. The summed E-state index contributed by atoms with van der Waals surface area (Å²) >= 11 is 8.10. The Labute approximate surface area is 166 Å². The molecule has 1 unspecified atom stereocenters. The van der Waals surface area contributed by atoms with E-state index < -0.39 is 0 Å². The van der Waals surface area contributed by atoms with Crippen molar-refractivity contribution >= 4 is 38.8 Å². The van der Waals surface area contributed by atoms with Gasteiger partial charge in [-0.05, 0) is 36.2 Å². The third kappa shape index (κ3) is 2.59. The number of nitrogens with zero attached hydrogens (tertiary/aromatic N) is 6. The van der Waals surface area contributed by atoms with Gasteiger partial charge in [0.05, 0.1) is 16.6 Å². The molecule has 140 valence electrons. The normalized spacial score (nSPS) is 17.7. The van der Waals surface area contributed by atoms with Crippen LogP contribution in [0.15, 0.2) is 12.5 Å². The lowest BCUT2D eigenvalue weighted by molar-refractivity contribution is 0.218. The lowest BCUT2D eigenvalue weighted by Crippen LogP contribution is -2.26. The lowest BCUT2D eigenvalue weighted by Gasteiger charge is -2.33. The summed E-state index contributed by atoms with van der Waals surface area (Å²) in [6, 6.07) is 0. The van der Waals surface area contributed by atoms with Gasteiger partial charge in [-0.1, -0.05) is 32.4 Å². The molecule has 0 radical (unpaired) electrons. The van der Waals surface area contributed by atoms with Crippen LogP contribution >= 0.6 is 22.9 Å². The number of fused-ring (bicyclic) bond motifs is 5. The Morgan fingerprint density at radius 1 is 1.30 bits per heavy atom. The summed E-state index contributed by atoms with van der Waals surface area (Å²) in [6.07, 6.45) is 6.78. The summed E-state index contributed by atoms with van der Waals surface area (Å²) in [5.41, 5.74) is 3.32. The highest BCUT2D eigenvalue weighted by Gasteiger charge is 2.32. The van der Waals surface area contributed by atoms with E-state index in [1.54, 1.807) is 21.7 Å². The van der Waals surface area contributed by atoms with Gasteiger partial charge in [-0.15, -0.1) is 16.4 Å². The molecule has 0 aliphatic heterocycles. The monoisotopic (exact) mass is 400 g/mol. The van der Waals surface area contributed by atoms with E-state index in [-0.39, 0.29) is 0 Å². The molecule has 0 aromatic carbocycles. The van der Waals surface area contributed by atoms with Crippen molar-refractivity contribution in [2.45, 2.75) is 40.0 Å². The van der Waals surface area contributed by atoms with Gasteiger partial charge < -0.3 is 0 Å². The molecule has 0 spiro atoms. The van der Waals surface area contributed by atoms with E-state index in [0.29, 0.717) is 22.2 Å². The highest BCUT2D eigenvalue weighted by molar-refractivity contribution is 7.19. The van der Waals surface area contributed by atoms with Gasteiger partial charge >= 0.3 is 0 Å². The van der Waals surface area contributed by atoms with Gasteiger partial charge in [-0.25, -0.2) is 14.5 Å². The van der Waals surface area contributed by atoms with Crippen LogP contribution < -0.4 is 0 Å². The largest absolute Gasteiger partial charge is 0.263 e. The topological polar surface area (TPSA) is 60.9 Å². The van der Waals surface area contributed by atoms with Crippen molar-refractivity contribution in [3.05, 3.63) is 28.0 Å². The Bertz CT molecular complexity index is 1160. The first-order chi connectivity index (χ1) is 12.8. The van der Waals surface area contributed by atoms with Crippen molar-refractivity contribution in [2.24, 2.45) is 18.4 Å². The molecule has 4 heterocycles. The summed E-state index contributed by atoms with van der Waals surface area (Å²) in [7, 11) is 1.85. The molecular formula is C19H21ClN6S. The molecule has 0 amide bonds. The van der Waals surface area contributed by atoms with Crippen LogP contribution in [0.4, 0.5) is 0 Å². The summed E-state index contributed by atoms with van der Waals surface area (Å²) in [4.78, 5) is 12.0.